The van der Waals surface area contributed by atoms with Gasteiger partial charge in [-0.05, 0) is 45.1 Å². The topological polar surface area (TPSA) is 35.5 Å². The fraction of sp³-hybridized carbons (Fsp3) is 0.250. The number of benzene rings is 2. The molecule has 2 rings (SSSR count). The monoisotopic (exact) mass is 310 g/mol. The van der Waals surface area contributed by atoms with Gasteiger partial charge >= 0.3 is 0 Å². The quantitative estimate of drug-likeness (QED) is 0.550. The summed E-state index contributed by atoms with van der Waals surface area (Å²) in [6, 6.07) is 13.2. The molecule has 0 saturated carbocycles. The molecular weight excluding hydrogens is 288 g/mol. The van der Waals surface area contributed by atoms with E-state index >= 15 is 0 Å². The van der Waals surface area contributed by atoms with Crippen LogP contribution in [0.15, 0.2) is 48.5 Å². The third-order valence-corrected chi connectivity index (χ3v) is 3.35. The summed E-state index contributed by atoms with van der Waals surface area (Å²) < 4.78 is 11.1. The third-order valence-electron chi connectivity index (χ3n) is 3.35. The molecule has 2 aromatic carbocycles. The molecule has 0 aromatic heterocycles. The van der Waals surface area contributed by atoms with Gasteiger partial charge < -0.3 is 9.47 Å². The highest BCUT2D eigenvalue weighted by molar-refractivity contribution is 6.06. The van der Waals surface area contributed by atoms with Crippen LogP contribution < -0.4 is 9.47 Å². The molecule has 3 nitrogen and oxygen atoms in total. The predicted molar refractivity (Wildman–Crippen MR) is 93.3 cm³/mol. The average Bonchev–Trinajstić information content (AvgIpc) is 2.55. The lowest BCUT2D eigenvalue weighted by Gasteiger charge is -2.10. The highest BCUT2D eigenvalue weighted by Gasteiger charge is 2.05. The predicted octanol–water partition coefficient (Wildman–Crippen LogP) is 4.69. The molecule has 2 aromatic rings. The van der Waals surface area contributed by atoms with E-state index in [0.717, 1.165) is 16.9 Å². The molecule has 0 amide bonds. The smallest absolute Gasteiger partial charge is 0.185 e. The largest absolute Gasteiger partial charge is 0.494 e. The highest BCUT2D eigenvalue weighted by Crippen LogP contribution is 2.26. The molecule has 0 radical (unpaired) electrons. The molecule has 0 atom stereocenters. The van der Waals surface area contributed by atoms with Gasteiger partial charge in [-0.25, -0.2) is 0 Å². The van der Waals surface area contributed by atoms with E-state index in [0.29, 0.717) is 24.5 Å². The second-order valence-electron chi connectivity index (χ2n) is 5.13. The van der Waals surface area contributed by atoms with E-state index < -0.39 is 0 Å². The Kier molecular flexibility index (Phi) is 5.98. The molecule has 0 aliphatic rings. The molecule has 0 saturated heterocycles. The van der Waals surface area contributed by atoms with Gasteiger partial charge in [0, 0.05) is 17.2 Å². The summed E-state index contributed by atoms with van der Waals surface area (Å²) in [7, 11) is 0. The Hall–Kier alpha value is -2.55. The first-order chi connectivity index (χ1) is 11.1. The fourth-order valence-electron chi connectivity index (χ4n) is 2.17. The minimum atomic E-state index is -0.0265. The number of hydrogen-bond acceptors (Lipinski definition) is 3. The summed E-state index contributed by atoms with van der Waals surface area (Å²) >= 11 is 0. The SMILES string of the molecule is CCOc1ccc(/C=C/C(=O)c2ccc(C)cc2)c(OCC)c1. The first kappa shape index (κ1) is 16.8. The van der Waals surface area contributed by atoms with Crippen LogP contribution >= 0.6 is 0 Å². The van der Waals surface area contributed by atoms with Gasteiger partial charge in [-0.1, -0.05) is 29.8 Å². The maximum atomic E-state index is 12.2. The summed E-state index contributed by atoms with van der Waals surface area (Å²) in [4.78, 5) is 12.2. The number of ether oxygens (including phenoxy) is 2. The first-order valence-corrected chi connectivity index (χ1v) is 7.82. The summed E-state index contributed by atoms with van der Waals surface area (Å²) in [6.45, 7) is 7.03. The third kappa shape index (κ3) is 4.71. The van der Waals surface area contributed by atoms with E-state index in [9.17, 15) is 4.79 Å². The van der Waals surface area contributed by atoms with Gasteiger partial charge in [0.05, 0.1) is 13.2 Å². The molecule has 0 fully saturated rings. The van der Waals surface area contributed by atoms with Crippen molar-refractivity contribution >= 4 is 11.9 Å². The summed E-state index contributed by atoms with van der Waals surface area (Å²) in [6.07, 6.45) is 3.35. The second kappa shape index (κ2) is 8.18. The number of carbonyl (C=O) groups excluding carboxylic acids is 1. The number of aryl methyl sites for hydroxylation is 1. The highest BCUT2D eigenvalue weighted by atomic mass is 16.5. The summed E-state index contributed by atoms with van der Waals surface area (Å²) in [5.41, 5.74) is 2.67. The molecule has 0 spiro atoms. The number of hydrogen-bond donors (Lipinski definition) is 0. The molecule has 0 unspecified atom stereocenters. The average molecular weight is 310 g/mol. The van der Waals surface area contributed by atoms with Crippen molar-refractivity contribution < 1.29 is 14.3 Å². The Morgan fingerprint density at radius 2 is 1.70 bits per heavy atom. The number of allylic oxidation sites excluding steroid dienone is 1. The maximum absolute atomic E-state index is 12.2. The Morgan fingerprint density at radius 3 is 2.35 bits per heavy atom. The lowest BCUT2D eigenvalue weighted by Crippen LogP contribution is -1.97. The Bertz CT molecular complexity index is 685. The van der Waals surface area contributed by atoms with Gasteiger partial charge in [-0.3, -0.25) is 4.79 Å². The minimum Gasteiger partial charge on any atom is -0.494 e. The van der Waals surface area contributed by atoms with Crippen LogP contribution in [-0.2, 0) is 0 Å². The van der Waals surface area contributed by atoms with Crippen molar-refractivity contribution in [3.05, 3.63) is 65.2 Å². The number of ketones is 1. The van der Waals surface area contributed by atoms with Crippen molar-refractivity contribution in [3.8, 4) is 11.5 Å². The van der Waals surface area contributed by atoms with Crippen LogP contribution in [0.5, 0.6) is 11.5 Å². The van der Waals surface area contributed by atoms with Crippen molar-refractivity contribution in [2.45, 2.75) is 20.8 Å². The molecular formula is C20H22O3. The molecule has 0 aliphatic carbocycles. The van der Waals surface area contributed by atoms with Crippen molar-refractivity contribution in [1.82, 2.24) is 0 Å². The van der Waals surface area contributed by atoms with Gasteiger partial charge in [-0.15, -0.1) is 0 Å². The van der Waals surface area contributed by atoms with Crippen LogP contribution in [0.3, 0.4) is 0 Å². The van der Waals surface area contributed by atoms with Crippen LogP contribution in [0.1, 0.15) is 35.3 Å². The lowest BCUT2D eigenvalue weighted by molar-refractivity contribution is 0.104. The maximum Gasteiger partial charge on any atom is 0.185 e. The summed E-state index contributed by atoms with van der Waals surface area (Å²) in [5.74, 6) is 1.45. The molecule has 0 N–H and O–H groups in total. The molecule has 23 heavy (non-hydrogen) atoms. The van der Waals surface area contributed by atoms with Gasteiger partial charge in [0.25, 0.3) is 0 Å². The Morgan fingerprint density at radius 1 is 1.00 bits per heavy atom. The van der Waals surface area contributed by atoms with Gasteiger partial charge in [0.2, 0.25) is 0 Å². The van der Waals surface area contributed by atoms with Gasteiger partial charge in [0.1, 0.15) is 11.5 Å². The van der Waals surface area contributed by atoms with Gasteiger partial charge in [-0.2, -0.15) is 0 Å². The van der Waals surface area contributed by atoms with E-state index in [-0.39, 0.29) is 5.78 Å². The van der Waals surface area contributed by atoms with E-state index in [4.69, 9.17) is 9.47 Å². The van der Waals surface area contributed by atoms with E-state index in [1.807, 2.05) is 63.2 Å². The van der Waals surface area contributed by atoms with E-state index in [1.165, 1.54) is 0 Å². The van der Waals surface area contributed by atoms with Crippen LogP contribution in [-0.4, -0.2) is 19.0 Å². The Balaban J connectivity index is 2.20. The van der Waals surface area contributed by atoms with Crippen molar-refractivity contribution in [3.63, 3.8) is 0 Å². The van der Waals surface area contributed by atoms with Crippen molar-refractivity contribution in [2.24, 2.45) is 0 Å². The zero-order valence-corrected chi connectivity index (χ0v) is 13.8. The van der Waals surface area contributed by atoms with Crippen LogP contribution in [0.25, 0.3) is 6.08 Å². The summed E-state index contributed by atoms with van der Waals surface area (Å²) in [5, 5.41) is 0. The molecule has 3 heteroatoms. The standard InChI is InChI=1S/C20H22O3/c1-4-22-18-12-10-17(20(14-18)23-5-2)11-13-19(21)16-8-6-15(3)7-9-16/h6-14H,4-5H2,1-3H3/b13-11+. The molecule has 0 heterocycles. The van der Waals surface area contributed by atoms with Crippen LogP contribution in [0.2, 0.25) is 0 Å². The van der Waals surface area contributed by atoms with Gasteiger partial charge in [0.15, 0.2) is 5.78 Å². The van der Waals surface area contributed by atoms with Crippen LogP contribution in [0, 0.1) is 6.92 Å². The van der Waals surface area contributed by atoms with Crippen molar-refractivity contribution in [1.29, 1.82) is 0 Å². The second-order valence-corrected chi connectivity index (χ2v) is 5.13. The minimum absolute atomic E-state index is 0.0265. The molecule has 120 valence electrons. The molecule has 0 bridgehead atoms. The Labute approximate surface area is 137 Å². The fourth-order valence-corrected chi connectivity index (χ4v) is 2.17. The zero-order chi connectivity index (χ0) is 16.7. The lowest BCUT2D eigenvalue weighted by atomic mass is 10.1. The number of carbonyl (C=O) groups is 1. The van der Waals surface area contributed by atoms with E-state index in [1.54, 1.807) is 12.2 Å². The normalized spacial score (nSPS) is 10.7. The van der Waals surface area contributed by atoms with Crippen molar-refractivity contribution in [2.75, 3.05) is 13.2 Å². The molecule has 0 aliphatic heterocycles. The first-order valence-electron chi connectivity index (χ1n) is 7.82. The zero-order valence-electron chi connectivity index (χ0n) is 13.8. The van der Waals surface area contributed by atoms with Crippen LogP contribution in [0.4, 0.5) is 0 Å². The number of rotatable bonds is 7. The van der Waals surface area contributed by atoms with E-state index in [2.05, 4.69) is 0 Å².